The Hall–Kier alpha value is -1.38. The van der Waals surface area contributed by atoms with Crippen molar-refractivity contribution >= 4 is 31.1 Å². The molecule has 0 amide bonds. The molecule has 0 aliphatic heterocycles. The molecule has 0 heterocycles. The summed E-state index contributed by atoms with van der Waals surface area (Å²) in [4.78, 5) is 0. The molecule has 4 aromatic carbocycles. The third-order valence-corrected chi connectivity index (χ3v) is 6.89. The zero-order valence-corrected chi connectivity index (χ0v) is 25.2. The summed E-state index contributed by atoms with van der Waals surface area (Å²) >= 11 is 0. The minimum absolute atomic E-state index is 0. The summed E-state index contributed by atoms with van der Waals surface area (Å²) in [6.07, 6.45) is 4.88. The molecule has 0 N–H and O–H groups in total. The van der Waals surface area contributed by atoms with E-state index < -0.39 is 0 Å². The van der Waals surface area contributed by atoms with Gasteiger partial charge in [-0.05, 0) is 12.8 Å². The van der Waals surface area contributed by atoms with E-state index >= 15 is 0 Å². The number of aryl methyl sites for hydroxylation is 4. The van der Waals surface area contributed by atoms with Crippen LogP contribution in [-0.2, 0) is 39.0 Å². The van der Waals surface area contributed by atoms with Gasteiger partial charge in [0.15, 0.2) is 0 Å². The molecule has 0 saturated carbocycles. The smallest absolute Gasteiger partial charge is 1.00 e. The molecule has 34 heavy (non-hydrogen) atoms. The van der Waals surface area contributed by atoms with Crippen LogP contribution in [0.2, 0.25) is 12.1 Å². The Kier molecular flexibility index (Phi) is 19.3. The Morgan fingerprint density at radius 3 is 1.24 bits per heavy atom. The van der Waals surface area contributed by atoms with Crippen LogP contribution in [0.15, 0.2) is 60.7 Å². The van der Waals surface area contributed by atoms with E-state index in [1.807, 2.05) is 0 Å². The third-order valence-electron chi connectivity index (χ3n) is 5.89. The van der Waals surface area contributed by atoms with E-state index in [0.29, 0.717) is 0 Å². The standard InChI is InChI=1S/2C13H15.C4H10Si.2FH.Zr/c2*1-3-6-11-9-12-7-4-5-8-13(12)10(11)2;1-3-5-4-2;;;/h2*4-5,7-9H,3,6H2,1-2H3;3-4H2,1-2H3;2*1H;/q2*-1;;;;+4/p-2. The van der Waals surface area contributed by atoms with Crippen LogP contribution in [0.3, 0.4) is 0 Å². The first-order chi connectivity index (χ1) is 15.1. The van der Waals surface area contributed by atoms with Crippen LogP contribution in [0.1, 0.15) is 62.8 Å². The number of rotatable bonds is 6. The van der Waals surface area contributed by atoms with Crippen molar-refractivity contribution in [2.75, 3.05) is 0 Å². The predicted octanol–water partition coefficient (Wildman–Crippen LogP) is 3.21. The van der Waals surface area contributed by atoms with Gasteiger partial charge in [-0.2, -0.15) is 11.1 Å². The van der Waals surface area contributed by atoms with Crippen molar-refractivity contribution < 1.29 is 35.6 Å². The van der Waals surface area contributed by atoms with Gasteiger partial charge >= 0.3 is 26.2 Å². The zero-order chi connectivity index (χ0) is 22.6. The van der Waals surface area contributed by atoms with E-state index in [4.69, 9.17) is 0 Å². The van der Waals surface area contributed by atoms with Gasteiger partial charge in [-0.1, -0.05) is 78.6 Å². The summed E-state index contributed by atoms with van der Waals surface area (Å²) in [6, 6.07) is 24.7. The van der Waals surface area contributed by atoms with Gasteiger partial charge < -0.3 is 9.41 Å². The van der Waals surface area contributed by atoms with Gasteiger partial charge in [0.25, 0.3) is 0 Å². The molecule has 0 atom stereocenters. The first-order valence-corrected chi connectivity index (χ1v) is 13.5. The normalized spacial score (nSPS) is 9.59. The van der Waals surface area contributed by atoms with Crippen LogP contribution in [0.25, 0.3) is 21.5 Å². The average molecular weight is 558 g/mol. The number of fused-ring (bicyclic) bond motifs is 2. The average Bonchev–Trinajstić information content (AvgIpc) is 3.27. The van der Waals surface area contributed by atoms with Gasteiger partial charge in [0, 0.05) is 9.52 Å². The first kappa shape index (κ1) is 34.8. The third kappa shape index (κ3) is 9.70. The van der Waals surface area contributed by atoms with E-state index in [9.17, 15) is 0 Å². The molecule has 182 valence electrons. The summed E-state index contributed by atoms with van der Waals surface area (Å²) in [5.41, 5.74) is 5.97. The van der Waals surface area contributed by atoms with Crippen LogP contribution in [0.5, 0.6) is 0 Å². The van der Waals surface area contributed by atoms with Crippen molar-refractivity contribution in [2.24, 2.45) is 0 Å². The number of halogens is 2. The second-order valence-electron chi connectivity index (χ2n) is 8.22. The van der Waals surface area contributed by atoms with Crippen molar-refractivity contribution in [3.05, 3.63) is 82.9 Å². The van der Waals surface area contributed by atoms with Gasteiger partial charge in [-0.15, -0.1) is 81.2 Å². The molecule has 4 heteroatoms. The fraction of sp³-hybridized carbons (Fsp3) is 0.400. The van der Waals surface area contributed by atoms with Crippen molar-refractivity contribution in [3.8, 4) is 0 Å². The first-order valence-electron chi connectivity index (χ1n) is 12.1. The van der Waals surface area contributed by atoms with Crippen molar-refractivity contribution in [2.45, 2.75) is 79.3 Å². The Labute approximate surface area is 228 Å². The molecule has 4 rings (SSSR count). The van der Waals surface area contributed by atoms with E-state index in [1.54, 1.807) is 0 Å². The molecule has 0 bridgehead atoms. The molecule has 0 aromatic heterocycles. The van der Waals surface area contributed by atoms with Crippen LogP contribution >= 0.6 is 0 Å². The summed E-state index contributed by atoms with van der Waals surface area (Å²) < 4.78 is 0. The van der Waals surface area contributed by atoms with Crippen LogP contribution < -0.4 is 9.41 Å². The topological polar surface area (TPSA) is 0 Å². The Morgan fingerprint density at radius 1 is 0.618 bits per heavy atom. The summed E-state index contributed by atoms with van der Waals surface area (Å²) in [6.45, 7) is 13.4. The van der Waals surface area contributed by atoms with Gasteiger partial charge in [-0.25, -0.2) is 0 Å². The summed E-state index contributed by atoms with van der Waals surface area (Å²) in [5.74, 6) is 0. The maximum atomic E-state index is 2.33. The van der Waals surface area contributed by atoms with Crippen molar-refractivity contribution in [1.29, 1.82) is 0 Å². The summed E-state index contributed by atoms with van der Waals surface area (Å²) in [7, 11) is 1.20. The maximum Gasteiger partial charge on any atom is 4.00 e. The Balaban J connectivity index is 0. The van der Waals surface area contributed by atoms with E-state index in [-0.39, 0.29) is 35.6 Å². The van der Waals surface area contributed by atoms with Crippen LogP contribution in [0, 0.1) is 13.8 Å². The van der Waals surface area contributed by atoms with Gasteiger partial charge in [-0.3, -0.25) is 0 Å². The monoisotopic (exact) mass is 556 g/mol. The van der Waals surface area contributed by atoms with Gasteiger partial charge in [0.1, 0.15) is 0 Å². The maximum absolute atomic E-state index is 2.33. The van der Waals surface area contributed by atoms with E-state index in [1.165, 1.54) is 91.1 Å². The minimum Gasteiger partial charge on any atom is -1.00 e. The van der Waals surface area contributed by atoms with Gasteiger partial charge in [0.2, 0.25) is 0 Å². The molecule has 0 spiro atoms. The molecule has 2 radical (unpaired) electrons. The second-order valence-corrected chi connectivity index (χ2v) is 10.1. The Morgan fingerprint density at radius 2 is 0.971 bits per heavy atom. The molecular weight excluding hydrogens is 518 g/mol. The summed E-state index contributed by atoms with van der Waals surface area (Å²) in [5, 5.41) is 5.63. The largest absolute Gasteiger partial charge is 4.00 e. The molecule has 0 aliphatic rings. The van der Waals surface area contributed by atoms with Crippen LogP contribution in [-0.4, -0.2) is 9.52 Å². The SMILES string of the molecule is CCCc1[cH-]c2ccccc2c1C.CCCc1[cH-]c2ccccc2c1C.CC[Si]CC.[F-].[F-].[Zr+4]. The molecule has 0 fully saturated rings. The van der Waals surface area contributed by atoms with Crippen molar-refractivity contribution in [3.63, 3.8) is 0 Å². The molecule has 0 unspecified atom stereocenters. The number of hydrogen-bond donors (Lipinski definition) is 0. The molecule has 0 nitrogen and oxygen atoms in total. The van der Waals surface area contributed by atoms with E-state index in [2.05, 4.69) is 102 Å². The molecule has 0 saturated heterocycles. The quantitative estimate of drug-likeness (QED) is 0.252. The Bertz CT molecular complexity index is 965. The number of benzene rings is 2. The minimum atomic E-state index is 0. The van der Waals surface area contributed by atoms with Crippen LogP contribution in [0.4, 0.5) is 0 Å². The van der Waals surface area contributed by atoms with E-state index in [0.717, 1.165) is 0 Å². The van der Waals surface area contributed by atoms with Gasteiger partial charge in [0.05, 0.1) is 0 Å². The fourth-order valence-electron chi connectivity index (χ4n) is 4.17. The molecule has 0 aliphatic carbocycles. The molecule has 4 aromatic rings. The fourth-order valence-corrected chi connectivity index (χ4v) is 4.67. The second kappa shape index (κ2) is 18.9. The zero-order valence-electron chi connectivity index (χ0n) is 21.8. The van der Waals surface area contributed by atoms with Crippen molar-refractivity contribution in [1.82, 2.24) is 0 Å². The molecular formula is C30H40F2SiZr. The number of hydrogen-bond acceptors (Lipinski definition) is 0. The predicted molar refractivity (Wildman–Crippen MR) is 143 cm³/mol.